The number of carbonyl (C=O) groups excluding carboxylic acids is 1. The highest BCUT2D eigenvalue weighted by Gasteiger charge is 2.35. The van der Waals surface area contributed by atoms with E-state index in [0.717, 1.165) is 30.9 Å². The van der Waals surface area contributed by atoms with Gasteiger partial charge in [-0.2, -0.15) is 10.1 Å². The van der Waals surface area contributed by atoms with Gasteiger partial charge >= 0.3 is 0 Å². The highest BCUT2D eigenvalue weighted by molar-refractivity contribution is 5.95. The van der Waals surface area contributed by atoms with Crippen molar-refractivity contribution < 1.29 is 9.32 Å². The molecule has 0 N–H and O–H groups in total. The number of hydrogen-bond acceptors (Lipinski definition) is 6. The third-order valence-electron chi connectivity index (χ3n) is 5.38. The van der Waals surface area contributed by atoms with Gasteiger partial charge in [0.1, 0.15) is 6.04 Å². The normalized spacial score (nSPS) is 21.6. The highest BCUT2D eigenvalue weighted by Crippen LogP contribution is 2.39. The predicted octanol–water partition coefficient (Wildman–Crippen LogP) is 2.16. The van der Waals surface area contributed by atoms with Crippen LogP contribution in [0.15, 0.2) is 10.7 Å². The first kappa shape index (κ1) is 17.2. The Morgan fingerprint density at radius 1 is 1.31 bits per heavy atom. The molecule has 1 atom stereocenters. The Kier molecular flexibility index (Phi) is 4.30. The van der Waals surface area contributed by atoms with Gasteiger partial charge in [0.15, 0.2) is 5.82 Å². The molecular formula is C18H26N6O2. The summed E-state index contributed by atoms with van der Waals surface area (Å²) in [5.74, 6) is 1.91. The Morgan fingerprint density at radius 2 is 2.08 bits per heavy atom. The van der Waals surface area contributed by atoms with Gasteiger partial charge in [-0.05, 0) is 40.7 Å². The minimum Gasteiger partial charge on any atom is -0.338 e. The van der Waals surface area contributed by atoms with Crippen molar-refractivity contribution in [2.45, 2.75) is 51.6 Å². The second-order valence-corrected chi connectivity index (χ2v) is 7.69. The highest BCUT2D eigenvalue weighted by atomic mass is 16.5. The van der Waals surface area contributed by atoms with E-state index in [0.29, 0.717) is 30.5 Å². The third-order valence-corrected chi connectivity index (χ3v) is 5.38. The van der Waals surface area contributed by atoms with Crippen molar-refractivity contribution in [3.8, 4) is 0 Å². The van der Waals surface area contributed by atoms with Gasteiger partial charge in [0.05, 0.1) is 11.8 Å². The average molecular weight is 358 g/mol. The van der Waals surface area contributed by atoms with Crippen LogP contribution in [-0.2, 0) is 0 Å². The Balaban J connectivity index is 1.52. The van der Waals surface area contributed by atoms with Gasteiger partial charge in [0.25, 0.3) is 5.91 Å². The molecule has 0 spiro atoms. The fourth-order valence-corrected chi connectivity index (χ4v) is 3.54. The van der Waals surface area contributed by atoms with E-state index < -0.39 is 0 Å². The van der Waals surface area contributed by atoms with Crippen LogP contribution in [0.3, 0.4) is 0 Å². The molecule has 2 aromatic heterocycles. The SMILES string of the molecule is Cc1c(C(=O)N2CCN(C)C(c3nc(C4CC4)no3)C2)cnn1C(C)C. The third kappa shape index (κ3) is 3.02. The summed E-state index contributed by atoms with van der Waals surface area (Å²) in [6, 6.07) is 0.171. The molecule has 2 aromatic rings. The Morgan fingerprint density at radius 3 is 2.73 bits per heavy atom. The van der Waals surface area contributed by atoms with Gasteiger partial charge in [-0.3, -0.25) is 14.4 Å². The average Bonchev–Trinajstić information content (AvgIpc) is 3.21. The molecular weight excluding hydrogens is 332 g/mol. The van der Waals surface area contributed by atoms with Crippen LogP contribution in [0.4, 0.5) is 0 Å². The Bertz CT molecular complexity index is 806. The second-order valence-electron chi connectivity index (χ2n) is 7.69. The number of rotatable bonds is 4. The van der Waals surface area contributed by atoms with E-state index in [4.69, 9.17) is 4.52 Å². The number of aromatic nitrogens is 4. The molecule has 2 aliphatic rings. The van der Waals surface area contributed by atoms with Crippen molar-refractivity contribution in [1.29, 1.82) is 0 Å². The quantitative estimate of drug-likeness (QED) is 0.833. The first-order valence-corrected chi connectivity index (χ1v) is 9.32. The van der Waals surface area contributed by atoms with E-state index in [9.17, 15) is 4.79 Å². The van der Waals surface area contributed by atoms with Crippen molar-refractivity contribution in [3.63, 3.8) is 0 Å². The molecule has 1 saturated carbocycles. The van der Waals surface area contributed by atoms with Gasteiger partial charge in [-0.1, -0.05) is 5.16 Å². The van der Waals surface area contributed by atoms with Crippen molar-refractivity contribution >= 4 is 5.91 Å². The summed E-state index contributed by atoms with van der Waals surface area (Å²) in [5.41, 5.74) is 1.58. The molecule has 2 fully saturated rings. The summed E-state index contributed by atoms with van der Waals surface area (Å²) in [6.07, 6.45) is 3.97. The fraction of sp³-hybridized carbons (Fsp3) is 0.667. The minimum atomic E-state index is -0.0619. The van der Waals surface area contributed by atoms with E-state index in [1.807, 2.05) is 23.6 Å². The van der Waals surface area contributed by atoms with Crippen LogP contribution in [0.1, 0.15) is 72.5 Å². The molecule has 0 bridgehead atoms. The van der Waals surface area contributed by atoms with E-state index >= 15 is 0 Å². The first-order valence-electron chi connectivity index (χ1n) is 9.32. The monoisotopic (exact) mass is 358 g/mol. The van der Waals surface area contributed by atoms with Crippen LogP contribution in [0, 0.1) is 6.92 Å². The summed E-state index contributed by atoms with van der Waals surface area (Å²) < 4.78 is 7.40. The molecule has 1 aliphatic heterocycles. The van der Waals surface area contributed by atoms with Gasteiger partial charge in [0.2, 0.25) is 5.89 Å². The van der Waals surface area contributed by atoms with Crippen molar-refractivity contribution in [2.75, 3.05) is 26.7 Å². The lowest BCUT2D eigenvalue weighted by atomic mass is 10.1. The summed E-state index contributed by atoms with van der Waals surface area (Å²) in [5, 5.41) is 8.49. The van der Waals surface area contributed by atoms with E-state index in [-0.39, 0.29) is 18.0 Å². The molecule has 1 amide bonds. The van der Waals surface area contributed by atoms with Crippen molar-refractivity contribution in [2.24, 2.45) is 0 Å². The van der Waals surface area contributed by atoms with E-state index in [1.165, 1.54) is 0 Å². The summed E-state index contributed by atoms with van der Waals surface area (Å²) in [6.45, 7) is 8.08. The molecule has 0 aromatic carbocycles. The second kappa shape index (κ2) is 6.50. The van der Waals surface area contributed by atoms with Gasteiger partial charge in [0, 0.05) is 37.3 Å². The summed E-state index contributed by atoms with van der Waals surface area (Å²) in [4.78, 5) is 21.7. The zero-order valence-corrected chi connectivity index (χ0v) is 15.8. The molecule has 8 heteroatoms. The maximum atomic E-state index is 13.1. The minimum absolute atomic E-state index is 0.0226. The summed E-state index contributed by atoms with van der Waals surface area (Å²) >= 11 is 0. The largest absolute Gasteiger partial charge is 0.338 e. The van der Waals surface area contributed by atoms with Crippen LogP contribution in [0.25, 0.3) is 0 Å². The lowest BCUT2D eigenvalue weighted by Gasteiger charge is -2.37. The molecule has 1 aliphatic carbocycles. The van der Waals surface area contributed by atoms with Crippen LogP contribution in [0.5, 0.6) is 0 Å². The maximum Gasteiger partial charge on any atom is 0.257 e. The molecule has 1 unspecified atom stereocenters. The van der Waals surface area contributed by atoms with Gasteiger partial charge in [-0.25, -0.2) is 0 Å². The van der Waals surface area contributed by atoms with Crippen LogP contribution in [-0.4, -0.2) is 62.3 Å². The Hall–Kier alpha value is -2.22. The van der Waals surface area contributed by atoms with Crippen molar-refractivity contribution in [3.05, 3.63) is 29.2 Å². The predicted molar refractivity (Wildman–Crippen MR) is 94.9 cm³/mol. The molecule has 0 radical (unpaired) electrons. The molecule has 26 heavy (non-hydrogen) atoms. The molecule has 140 valence electrons. The Labute approximate surface area is 153 Å². The van der Waals surface area contributed by atoms with Crippen molar-refractivity contribution in [1.82, 2.24) is 29.7 Å². The molecule has 3 heterocycles. The van der Waals surface area contributed by atoms with Gasteiger partial charge in [-0.15, -0.1) is 0 Å². The number of hydrogen-bond donors (Lipinski definition) is 0. The zero-order chi connectivity index (χ0) is 18.4. The summed E-state index contributed by atoms with van der Waals surface area (Å²) in [7, 11) is 2.04. The first-order chi connectivity index (χ1) is 12.5. The zero-order valence-electron chi connectivity index (χ0n) is 15.8. The maximum absolute atomic E-state index is 13.1. The number of carbonyl (C=O) groups is 1. The fourth-order valence-electron chi connectivity index (χ4n) is 3.54. The molecule has 1 saturated heterocycles. The smallest absolute Gasteiger partial charge is 0.257 e. The number of nitrogens with zero attached hydrogens (tertiary/aromatic N) is 6. The number of likely N-dealkylation sites (N-methyl/N-ethyl adjacent to an activating group) is 1. The number of piperazine rings is 1. The van der Waals surface area contributed by atoms with Crippen LogP contribution < -0.4 is 0 Å². The van der Waals surface area contributed by atoms with Gasteiger partial charge < -0.3 is 9.42 Å². The topological polar surface area (TPSA) is 80.3 Å². The molecule has 4 rings (SSSR count). The number of amides is 1. The van der Waals surface area contributed by atoms with Crippen LogP contribution >= 0.6 is 0 Å². The van der Waals surface area contributed by atoms with E-state index in [1.54, 1.807) is 6.20 Å². The standard InChI is InChI=1S/C18H26N6O2/c1-11(2)24-12(3)14(9-19-24)18(25)23-8-7-22(4)15(10-23)17-20-16(21-26-17)13-5-6-13/h9,11,13,15H,5-8,10H2,1-4H3. The molecule has 8 nitrogen and oxygen atoms in total. The van der Waals surface area contributed by atoms with Crippen LogP contribution in [0.2, 0.25) is 0 Å². The lowest BCUT2D eigenvalue weighted by Crippen LogP contribution is -2.49. The van der Waals surface area contributed by atoms with E-state index in [2.05, 4.69) is 34.0 Å². The lowest BCUT2D eigenvalue weighted by molar-refractivity contribution is 0.0488.